The van der Waals surface area contributed by atoms with Crippen LogP contribution in [0.15, 0.2) is 56.6 Å². The van der Waals surface area contributed by atoms with Gasteiger partial charge in [-0.1, -0.05) is 41.7 Å². The first-order chi connectivity index (χ1) is 9.24. The van der Waals surface area contributed by atoms with Crippen LogP contribution in [0.1, 0.15) is 0 Å². The van der Waals surface area contributed by atoms with E-state index in [4.69, 9.17) is 0 Å². The minimum Gasteiger partial charge on any atom is -0.506 e. The molecule has 0 saturated heterocycles. The number of aromatic hydroxyl groups is 1. The molecule has 0 unspecified atom stereocenters. The van der Waals surface area contributed by atoms with Gasteiger partial charge in [0.25, 0.3) is 0 Å². The molecule has 6 heteroatoms. The highest BCUT2D eigenvalue weighted by Crippen LogP contribution is 2.36. The number of phenolic OH excluding ortho intramolecular Hbond substituents is 1. The number of fused-ring (bicyclic) bond motifs is 1. The van der Waals surface area contributed by atoms with E-state index in [2.05, 4.69) is 31.1 Å². The average Bonchev–Trinajstić information content (AvgIpc) is 2.83. The van der Waals surface area contributed by atoms with E-state index in [1.54, 1.807) is 12.3 Å². The quantitative estimate of drug-likeness (QED) is 0.657. The maximum atomic E-state index is 9.91. The van der Waals surface area contributed by atoms with E-state index in [0.717, 1.165) is 14.6 Å². The zero-order valence-electron chi connectivity index (χ0n) is 9.62. The Morgan fingerprint density at radius 2 is 1.95 bits per heavy atom. The van der Waals surface area contributed by atoms with E-state index >= 15 is 0 Å². The van der Waals surface area contributed by atoms with Gasteiger partial charge in [-0.25, -0.2) is 4.98 Å². The minimum atomic E-state index is 0.109. The van der Waals surface area contributed by atoms with E-state index in [1.807, 2.05) is 30.3 Å². The Hall–Kier alpha value is -1.79. The van der Waals surface area contributed by atoms with Crippen molar-refractivity contribution in [2.45, 2.75) is 0 Å². The number of rotatable bonds is 2. The molecule has 0 amide bonds. The Labute approximate surface area is 121 Å². The molecule has 94 valence electrons. The molecule has 1 N–H and O–H groups in total. The number of nitrogens with zero attached hydrogens (tertiary/aromatic N) is 3. The van der Waals surface area contributed by atoms with Crippen molar-refractivity contribution in [2.75, 3.05) is 0 Å². The van der Waals surface area contributed by atoms with E-state index < -0.39 is 0 Å². The maximum Gasteiger partial charge on any atom is 0.230 e. The first-order valence-electron chi connectivity index (χ1n) is 5.48. The highest BCUT2D eigenvalue weighted by molar-refractivity contribution is 9.11. The number of azo groups is 1. The topological polar surface area (TPSA) is 57.8 Å². The molecule has 1 heterocycles. The predicted octanol–water partition coefficient (Wildman–Crippen LogP) is 5.18. The summed E-state index contributed by atoms with van der Waals surface area (Å²) in [5.74, 6) is 0.109. The second-order valence-electron chi connectivity index (χ2n) is 3.80. The molecule has 0 fully saturated rings. The van der Waals surface area contributed by atoms with Gasteiger partial charge in [-0.15, -0.1) is 10.2 Å². The second kappa shape index (κ2) is 5.07. The summed E-state index contributed by atoms with van der Waals surface area (Å²) < 4.78 is 0.892. The fraction of sp³-hybridized carbons (Fsp3) is 0. The summed E-state index contributed by atoms with van der Waals surface area (Å²) in [6, 6.07) is 11.2. The summed E-state index contributed by atoms with van der Waals surface area (Å²) in [6.45, 7) is 0. The van der Waals surface area contributed by atoms with Crippen LogP contribution in [-0.2, 0) is 0 Å². The monoisotopic (exact) mass is 333 g/mol. The first-order valence-corrected chi connectivity index (χ1v) is 7.09. The molecule has 0 aliphatic heterocycles. The van der Waals surface area contributed by atoms with Crippen molar-refractivity contribution in [3.05, 3.63) is 46.4 Å². The second-order valence-corrected chi connectivity index (χ2v) is 6.19. The zero-order chi connectivity index (χ0) is 13.2. The number of halogens is 1. The van der Waals surface area contributed by atoms with Crippen LogP contribution in [-0.4, -0.2) is 10.1 Å². The molecule has 0 aliphatic rings. The lowest BCUT2D eigenvalue weighted by molar-refractivity contribution is 0.477. The predicted molar refractivity (Wildman–Crippen MR) is 79.6 cm³/mol. The Balaban J connectivity index is 2.09. The lowest BCUT2D eigenvalue weighted by atomic mass is 10.1. The average molecular weight is 334 g/mol. The van der Waals surface area contributed by atoms with Crippen LogP contribution >= 0.6 is 27.3 Å². The van der Waals surface area contributed by atoms with Crippen molar-refractivity contribution in [3.63, 3.8) is 0 Å². The summed E-state index contributed by atoms with van der Waals surface area (Å²) in [6.07, 6.45) is 1.67. The summed E-state index contributed by atoms with van der Waals surface area (Å²) in [5, 5.41) is 20.5. The van der Waals surface area contributed by atoms with Gasteiger partial charge in [0.15, 0.2) is 0 Å². The third-order valence-electron chi connectivity index (χ3n) is 2.58. The van der Waals surface area contributed by atoms with Crippen LogP contribution in [0.5, 0.6) is 5.75 Å². The van der Waals surface area contributed by atoms with Crippen molar-refractivity contribution in [1.29, 1.82) is 0 Å². The summed E-state index contributed by atoms with van der Waals surface area (Å²) in [4.78, 5) is 4.07. The molecular formula is C13H8BrN3OS. The number of benzene rings is 2. The Morgan fingerprint density at radius 3 is 2.74 bits per heavy atom. The lowest BCUT2D eigenvalue weighted by Crippen LogP contribution is -1.74. The van der Waals surface area contributed by atoms with Gasteiger partial charge >= 0.3 is 0 Å². The summed E-state index contributed by atoms with van der Waals surface area (Å²) in [7, 11) is 0. The Kier molecular flexibility index (Phi) is 3.27. The fourth-order valence-corrected chi connectivity index (χ4v) is 2.74. The van der Waals surface area contributed by atoms with Crippen LogP contribution in [0.3, 0.4) is 0 Å². The molecule has 3 aromatic rings. The molecule has 3 rings (SSSR count). The van der Waals surface area contributed by atoms with Crippen molar-refractivity contribution >= 4 is 48.9 Å². The molecule has 0 spiro atoms. The standard InChI is InChI=1S/C13H8BrN3OS/c14-11-7-15-13(19-11)17-16-12-9-4-2-1-3-8(9)5-6-10(12)18/h1-7,18H. The number of thiazole rings is 1. The first kappa shape index (κ1) is 12.3. The van der Waals surface area contributed by atoms with E-state index in [9.17, 15) is 5.11 Å². The molecule has 1 aromatic heterocycles. The summed E-state index contributed by atoms with van der Waals surface area (Å²) >= 11 is 4.70. The van der Waals surface area contributed by atoms with Gasteiger partial charge in [-0.3, -0.25) is 0 Å². The van der Waals surface area contributed by atoms with Crippen molar-refractivity contribution < 1.29 is 5.11 Å². The van der Waals surface area contributed by atoms with Crippen molar-refractivity contribution in [3.8, 4) is 5.75 Å². The molecule has 0 bridgehead atoms. The molecule has 4 nitrogen and oxygen atoms in total. The third kappa shape index (κ3) is 2.50. The number of aromatic nitrogens is 1. The molecule has 0 radical (unpaired) electrons. The minimum absolute atomic E-state index is 0.109. The molecular weight excluding hydrogens is 326 g/mol. The van der Waals surface area contributed by atoms with E-state index in [0.29, 0.717) is 10.8 Å². The van der Waals surface area contributed by atoms with Gasteiger partial charge in [-0.05, 0) is 27.4 Å². The highest BCUT2D eigenvalue weighted by atomic mass is 79.9. The van der Waals surface area contributed by atoms with Gasteiger partial charge < -0.3 is 5.11 Å². The van der Waals surface area contributed by atoms with Crippen LogP contribution in [0.25, 0.3) is 10.8 Å². The Morgan fingerprint density at radius 1 is 1.11 bits per heavy atom. The van der Waals surface area contributed by atoms with E-state index in [-0.39, 0.29) is 5.75 Å². The molecule has 2 aromatic carbocycles. The molecule has 19 heavy (non-hydrogen) atoms. The van der Waals surface area contributed by atoms with E-state index in [1.165, 1.54) is 11.3 Å². The lowest BCUT2D eigenvalue weighted by Gasteiger charge is -2.02. The smallest absolute Gasteiger partial charge is 0.230 e. The van der Waals surface area contributed by atoms with Crippen LogP contribution in [0.2, 0.25) is 0 Å². The summed E-state index contributed by atoms with van der Waals surface area (Å²) in [5.41, 5.74) is 0.462. The normalized spacial score (nSPS) is 11.4. The number of hydrogen-bond acceptors (Lipinski definition) is 5. The third-order valence-corrected chi connectivity index (χ3v) is 3.94. The number of phenols is 1. The van der Waals surface area contributed by atoms with Crippen LogP contribution in [0.4, 0.5) is 10.8 Å². The van der Waals surface area contributed by atoms with Crippen LogP contribution < -0.4 is 0 Å². The van der Waals surface area contributed by atoms with Gasteiger partial charge in [-0.2, -0.15) is 0 Å². The van der Waals surface area contributed by atoms with Crippen molar-refractivity contribution in [1.82, 2.24) is 4.98 Å². The largest absolute Gasteiger partial charge is 0.506 e. The SMILES string of the molecule is Oc1ccc2ccccc2c1N=Nc1ncc(Br)s1. The molecule has 0 atom stereocenters. The fourth-order valence-electron chi connectivity index (χ4n) is 1.73. The van der Waals surface area contributed by atoms with Gasteiger partial charge in [0.1, 0.15) is 11.4 Å². The van der Waals surface area contributed by atoms with Gasteiger partial charge in [0, 0.05) is 5.39 Å². The highest BCUT2D eigenvalue weighted by Gasteiger charge is 2.06. The number of hydrogen-bond donors (Lipinski definition) is 1. The van der Waals surface area contributed by atoms with Gasteiger partial charge in [0.2, 0.25) is 5.13 Å². The Bertz CT molecular complexity index is 769. The van der Waals surface area contributed by atoms with Crippen molar-refractivity contribution in [2.24, 2.45) is 10.2 Å². The molecule has 0 aliphatic carbocycles. The van der Waals surface area contributed by atoms with Gasteiger partial charge in [0.05, 0.1) is 9.98 Å². The van der Waals surface area contributed by atoms with Crippen LogP contribution in [0, 0.1) is 0 Å². The maximum absolute atomic E-state index is 9.91. The molecule has 0 saturated carbocycles. The zero-order valence-corrected chi connectivity index (χ0v) is 12.0.